The van der Waals surface area contributed by atoms with Crippen LogP contribution in [-0.2, 0) is 0 Å². The summed E-state index contributed by atoms with van der Waals surface area (Å²) in [5.74, 6) is 1.17. The predicted molar refractivity (Wildman–Crippen MR) is 118 cm³/mol. The minimum Gasteiger partial charge on any atom is -0.352 e. The van der Waals surface area contributed by atoms with Gasteiger partial charge in [0.1, 0.15) is 5.82 Å². The second kappa shape index (κ2) is 9.19. The van der Waals surface area contributed by atoms with E-state index < -0.39 is 0 Å². The van der Waals surface area contributed by atoms with Crippen LogP contribution in [-0.4, -0.2) is 29.0 Å². The summed E-state index contributed by atoms with van der Waals surface area (Å²) in [4.78, 5) is 21.2. The Hall–Kier alpha value is -3.41. The number of aromatic nitrogens is 2. The molecule has 0 bridgehead atoms. The van der Waals surface area contributed by atoms with Crippen LogP contribution in [0.5, 0.6) is 0 Å². The van der Waals surface area contributed by atoms with E-state index in [1.54, 1.807) is 0 Å². The predicted octanol–water partition coefficient (Wildman–Crippen LogP) is 4.30. The Morgan fingerprint density at radius 1 is 0.862 bits per heavy atom. The lowest BCUT2D eigenvalue weighted by atomic mass is 10.1. The van der Waals surface area contributed by atoms with Crippen molar-refractivity contribution in [1.29, 1.82) is 0 Å². The van der Waals surface area contributed by atoms with E-state index in [9.17, 15) is 4.79 Å². The van der Waals surface area contributed by atoms with Gasteiger partial charge in [-0.3, -0.25) is 4.79 Å². The van der Waals surface area contributed by atoms with Gasteiger partial charge in [0.15, 0.2) is 0 Å². The maximum Gasteiger partial charge on any atom is 0.251 e. The first-order valence-corrected chi connectivity index (χ1v) is 9.69. The fraction of sp³-hybridized carbons (Fsp3) is 0.261. The molecular formula is C23H27N5O. The van der Waals surface area contributed by atoms with Crippen molar-refractivity contribution >= 4 is 23.4 Å². The zero-order valence-corrected chi connectivity index (χ0v) is 17.3. The average molecular weight is 390 g/mol. The lowest BCUT2D eigenvalue weighted by Gasteiger charge is -2.11. The molecule has 0 aliphatic rings. The molecule has 0 saturated carbocycles. The fourth-order valence-electron chi connectivity index (χ4n) is 2.83. The highest BCUT2D eigenvalue weighted by molar-refractivity contribution is 5.94. The van der Waals surface area contributed by atoms with E-state index in [1.807, 2.05) is 69.3 Å². The molecule has 3 aromatic rings. The third-order valence-corrected chi connectivity index (χ3v) is 4.64. The van der Waals surface area contributed by atoms with Gasteiger partial charge in [-0.05, 0) is 63.1 Å². The number of carbonyl (C=O) groups is 1. The fourth-order valence-corrected chi connectivity index (χ4v) is 2.83. The third kappa shape index (κ3) is 5.78. The lowest BCUT2D eigenvalue weighted by Crippen LogP contribution is -2.29. The molecule has 1 aromatic heterocycles. The molecular weight excluding hydrogens is 362 g/mol. The number of amides is 1. The number of aryl methyl sites for hydroxylation is 4. The first kappa shape index (κ1) is 20.3. The zero-order chi connectivity index (χ0) is 20.8. The van der Waals surface area contributed by atoms with Crippen LogP contribution < -0.4 is 16.0 Å². The maximum absolute atomic E-state index is 12.3. The number of nitrogens with zero attached hydrogens (tertiary/aromatic N) is 2. The monoisotopic (exact) mass is 389 g/mol. The van der Waals surface area contributed by atoms with E-state index in [4.69, 9.17) is 0 Å². The Labute approximate surface area is 171 Å². The number of anilines is 3. The van der Waals surface area contributed by atoms with E-state index in [0.29, 0.717) is 24.6 Å². The summed E-state index contributed by atoms with van der Waals surface area (Å²) in [7, 11) is 0. The summed E-state index contributed by atoms with van der Waals surface area (Å²) in [6.45, 7) is 9.03. The summed E-state index contributed by atoms with van der Waals surface area (Å²) in [5.41, 5.74) is 5.99. The number of benzene rings is 2. The number of carbonyl (C=O) groups excluding carboxylic acids is 1. The van der Waals surface area contributed by atoms with Crippen molar-refractivity contribution in [1.82, 2.24) is 15.3 Å². The lowest BCUT2D eigenvalue weighted by molar-refractivity contribution is 0.0955. The van der Waals surface area contributed by atoms with Crippen LogP contribution in [0.2, 0.25) is 0 Å². The maximum atomic E-state index is 12.3. The number of nitrogens with one attached hydrogen (secondary N) is 3. The second-order valence-corrected chi connectivity index (χ2v) is 7.19. The van der Waals surface area contributed by atoms with Gasteiger partial charge in [0.05, 0.1) is 0 Å². The molecule has 0 aliphatic heterocycles. The van der Waals surface area contributed by atoms with Crippen LogP contribution in [0.25, 0.3) is 0 Å². The second-order valence-electron chi connectivity index (χ2n) is 7.19. The van der Waals surface area contributed by atoms with Crippen LogP contribution >= 0.6 is 0 Å². The third-order valence-electron chi connectivity index (χ3n) is 4.64. The van der Waals surface area contributed by atoms with Gasteiger partial charge in [0, 0.05) is 36.1 Å². The summed E-state index contributed by atoms with van der Waals surface area (Å²) in [5, 5.41) is 9.38. The van der Waals surface area contributed by atoms with Gasteiger partial charge in [-0.15, -0.1) is 0 Å². The molecule has 6 heteroatoms. The summed E-state index contributed by atoms with van der Waals surface area (Å²) in [6, 6.07) is 15.7. The minimum absolute atomic E-state index is 0.0817. The van der Waals surface area contributed by atoms with Crippen molar-refractivity contribution in [3.8, 4) is 0 Å². The van der Waals surface area contributed by atoms with Crippen LogP contribution in [0.1, 0.15) is 32.7 Å². The van der Waals surface area contributed by atoms with Gasteiger partial charge in [-0.1, -0.05) is 23.8 Å². The van der Waals surface area contributed by atoms with Crippen molar-refractivity contribution in [3.63, 3.8) is 0 Å². The first-order valence-electron chi connectivity index (χ1n) is 9.69. The smallest absolute Gasteiger partial charge is 0.251 e. The molecule has 0 aliphatic carbocycles. The molecule has 0 unspecified atom stereocenters. The molecule has 0 radical (unpaired) electrons. The Bertz CT molecular complexity index is 999. The Morgan fingerprint density at radius 3 is 2.34 bits per heavy atom. The summed E-state index contributed by atoms with van der Waals surface area (Å²) < 4.78 is 0. The quantitative estimate of drug-likeness (QED) is 0.525. The Kier molecular flexibility index (Phi) is 6.44. The van der Waals surface area contributed by atoms with E-state index in [-0.39, 0.29) is 5.91 Å². The molecule has 0 spiro atoms. The van der Waals surface area contributed by atoms with Gasteiger partial charge in [-0.2, -0.15) is 4.98 Å². The minimum atomic E-state index is -0.0817. The molecule has 3 N–H and O–H groups in total. The molecule has 0 saturated heterocycles. The van der Waals surface area contributed by atoms with Crippen LogP contribution in [0.3, 0.4) is 0 Å². The summed E-state index contributed by atoms with van der Waals surface area (Å²) in [6.07, 6.45) is 0. The van der Waals surface area contributed by atoms with Gasteiger partial charge >= 0.3 is 0 Å². The van der Waals surface area contributed by atoms with Crippen molar-refractivity contribution in [2.75, 3.05) is 23.7 Å². The molecule has 6 nitrogen and oxygen atoms in total. The number of hydrogen-bond acceptors (Lipinski definition) is 5. The molecule has 1 heterocycles. The van der Waals surface area contributed by atoms with Gasteiger partial charge in [-0.25, -0.2) is 4.98 Å². The standard InChI is InChI=1S/C23H27N5O/c1-15-5-9-20(10-6-15)27-21-14-18(4)26-23(28-21)25-12-11-24-22(29)19-8-7-16(2)17(3)13-19/h5-10,13-14H,11-12H2,1-4H3,(H,24,29)(H2,25,26,27,28). The highest BCUT2D eigenvalue weighted by Crippen LogP contribution is 2.17. The average Bonchev–Trinajstić information content (AvgIpc) is 2.68. The molecule has 1 amide bonds. The number of hydrogen-bond donors (Lipinski definition) is 3. The molecule has 0 fully saturated rings. The van der Waals surface area contributed by atoms with E-state index >= 15 is 0 Å². The molecule has 29 heavy (non-hydrogen) atoms. The van der Waals surface area contributed by atoms with Crippen molar-refractivity contribution in [2.24, 2.45) is 0 Å². The van der Waals surface area contributed by atoms with Crippen LogP contribution in [0, 0.1) is 27.7 Å². The van der Waals surface area contributed by atoms with E-state index in [2.05, 4.69) is 32.8 Å². The highest BCUT2D eigenvalue weighted by atomic mass is 16.1. The molecule has 2 aromatic carbocycles. The van der Waals surface area contributed by atoms with Crippen molar-refractivity contribution < 1.29 is 4.79 Å². The SMILES string of the molecule is Cc1ccc(Nc2cc(C)nc(NCCNC(=O)c3ccc(C)c(C)c3)n2)cc1. The van der Waals surface area contributed by atoms with Crippen molar-refractivity contribution in [2.45, 2.75) is 27.7 Å². The van der Waals surface area contributed by atoms with Crippen LogP contribution in [0.4, 0.5) is 17.5 Å². The largest absolute Gasteiger partial charge is 0.352 e. The Morgan fingerprint density at radius 2 is 1.62 bits per heavy atom. The van der Waals surface area contributed by atoms with Gasteiger partial charge in [0.25, 0.3) is 5.91 Å². The van der Waals surface area contributed by atoms with Crippen LogP contribution in [0.15, 0.2) is 48.5 Å². The van der Waals surface area contributed by atoms with E-state index in [0.717, 1.165) is 22.8 Å². The number of rotatable bonds is 7. The van der Waals surface area contributed by atoms with Gasteiger partial charge in [0.2, 0.25) is 5.95 Å². The molecule has 150 valence electrons. The summed E-state index contributed by atoms with van der Waals surface area (Å²) >= 11 is 0. The zero-order valence-electron chi connectivity index (χ0n) is 17.3. The molecule has 3 rings (SSSR count). The normalized spacial score (nSPS) is 10.5. The van der Waals surface area contributed by atoms with E-state index in [1.165, 1.54) is 11.1 Å². The van der Waals surface area contributed by atoms with Crippen molar-refractivity contribution in [3.05, 3.63) is 76.5 Å². The highest BCUT2D eigenvalue weighted by Gasteiger charge is 2.07. The van der Waals surface area contributed by atoms with Gasteiger partial charge < -0.3 is 16.0 Å². The molecule has 0 atom stereocenters. The Balaban J connectivity index is 1.53. The first-order chi connectivity index (χ1) is 13.9. The topological polar surface area (TPSA) is 78.9 Å².